The summed E-state index contributed by atoms with van der Waals surface area (Å²) in [6, 6.07) is 11.6. The highest BCUT2D eigenvalue weighted by molar-refractivity contribution is 7.89. The smallest absolute Gasteiger partial charge is 0.260 e. The molecule has 0 atom stereocenters. The van der Waals surface area contributed by atoms with Gasteiger partial charge >= 0.3 is 0 Å². The van der Waals surface area contributed by atoms with Crippen molar-refractivity contribution in [2.24, 2.45) is 0 Å². The van der Waals surface area contributed by atoms with E-state index in [4.69, 9.17) is 16.3 Å². The minimum absolute atomic E-state index is 0. The number of anilines is 1. The van der Waals surface area contributed by atoms with Crippen molar-refractivity contribution >= 4 is 66.6 Å². The number of aromatic nitrogens is 1. The zero-order valence-electron chi connectivity index (χ0n) is 18.8. The van der Waals surface area contributed by atoms with Crippen LogP contribution in [-0.4, -0.2) is 82.0 Å². The molecule has 2 heterocycles. The third kappa shape index (κ3) is 5.71. The fourth-order valence-electron chi connectivity index (χ4n) is 3.46. The maximum absolute atomic E-state index is 13.4. The van der Waals surface area contributed by atoms with Crippen LogP contribution in [0.2, 0.25) is 5.02 Å². The number of rotatable bonds is 7. The number of halogens is 2. The number of hydrogen-bond acceptors (Lipinski definition) is 7. The highest BCUT2D eigenvalue weighted by Gasteiger charge is 2.27. The van der Waals surface area contributed by atoms with E-state index < -0.39 is 10.0 Å². The van der Waals surface area contributed by atoms with Crippen LogP contribution in [0.25, 0.3) is 10.2 Å². The first-order chi connectivity index (χ1) is 15.8. The van der Waals surface area contributed by atoms with Crippen molar-refractivity contribution in [1.82, 2.24) is 14.2 Å². The van der Waals surface area contributed by atoms with Crippen molar-refractivity contribution in [1.29, 1.82) is 0 Å². The number of amides is 1. The molecule has 1 aliphatic heterocycles. The van der Waals surface area contributed by atoms with Crippen LogP contribution in [0.1, 0.15) is 10.4 Å². The van der Waals surface area contributed by atoms with Gasteiger partial charge in [-0.25, -0.2) is 13.4 Å². The predicted octanol–water partition coefficient (Wildman–Crippen LogP) is 3.60. The Balaban J connectivity index is 0.00000324. The van der Waals surface area contributed by atoms with E-state index in [9.17, 15) is 13.2 Å². The molecule has 3 aromatic rings. The second-order valence-corrected chi connectivity index (χ2v) is 11.2. The van der Waals surface area contributed by atoms with Gasteiger partial charge in [-0.3, -0.25) is 9.69 Å². The van der Waals surface area contributed by atoms with Crippen LogP contribution in [0.3, 0.4) is 0 Å². The lowest BCUT2D eigenvalue weighted by Crippen LogP contribution is -2.40. The Hall–Kier alpha value is -1.79. The molecule has 0 aliphatic carbocycles. The summed E-state index contributed by atoms with van der Waals surface area (Å²) < 4.78 is 33.3. The van der Waals surface area contributed by atoms with Crippen molar-refractivity contribution in [3.63, 3.8) is 0 Å². The Morgan fingerprint density at radius 1 is 1.12 bits per heavy atom. The number of sulfonamides is 1. The highest BCUT2D eigenvalue weighted by Crippen LogP contribution is 2.33. The summed E-state index contributed by atoms with van der Waals surface area (Å²) >= 11 is 7.68. The van der Waals surface area contributed by atoms with Gasteiger partial charge in [-0.15, -0.1) is 12.4 Å². The monoisotopic (exact) mass is 544 g/mol. The number of likely N-dealkylation sites (N-methyl/N-ethyl adjacent to an activating group) is 1. The zero-order valence-corrected chi connectivity index (χ0v) is 22.0. The molecule has 0 spiro atoms. The molecule has 1 saturated heterocycles. The third-order valence-corrected chi connectivity index (χ3v) is 8.58. The normalized spacial score (nSPS) is 14.8. The largest absolute Gasteiger partial charge is 0.379 e. The average Bonchev–Trinajstić information content (AvgIpc) is 3.25. The predicted molar refractivity (Wildman–Crippen MR) is 138 cm³/mol. The van der Waals surface area contributed by atoms with Crippen LogP contribution in [0, 0.1) is 0 Å². The van der Waals surface area contributed by atoms with Gasteiger partial charge in [0.05, 0.1) is 27.8 Å². The first kappa shape index (κ1) is 26.8. The van der Waals surface area contributed by atoms with E-state index in [1.807, 2.05) is 31.1 Å². The quantitative estimate of drug-likeness (QED) is 0.451. The number of fused-ring (bicyclic) bond motifs is 1. The first-order valence-electron chi connectivity index (χ1n) is 10.5. The molecule has 0 radical (unpaired) electrons. The van der Waals surface area contributed by atoms with Gasteiger partial charge in [0.25, 0.3) is 5.91 Å². The maximum Gasteiger partial charge on any atom is 0.260 e. The van der Waals surface area contributed by atoms with Crippen molar-refractivity contribution in [3.05, 3.63) is 53.1 Å². The van der Waals surface area contributed by atoms with Gasteiger partial charge in [0, 0.05) is 31.7 Å². The van der Waals surface area contributed by atoms with Crippen LogP contribution in [0.15, 0.2) is 47.4 Å². The van der Waals surface area contributed by atoms with E-state index in [0.29, 0.717) is 60.6 Å². The second kappa shape index (κ2) is 11.3. The number of carbonyl (C=O) groups excluding carboxylic acids is 1. The topological polar surface area (TPSA) is 83.1 Å². The number of carbonyl (C=O) groups is 1. The number of para-hydroxylation sites is 1. The Morgan fingerprint density at radius 2 is 1.79 bits per heavy atom. The molecule has 1 aromatic heterocycles. The summed E-state index contributed by atoms with van der Waals surface area (Å²) in [5, 5.41) is 1.09. The van der Waals surface area contributed by atoms with Crippen LogP contribution in [0.5, 0.6) is 0 Å². The van der Waals surface area contributed by atoms with Gasteiger partial charge < -0.3 is 9.64 Å². The van der Waals surface area contributed by atoms with E-state index in [2.05, 4.69) is 4.98 Å². The molecule has 0 N–H and O–H groups in total. The zero-order chi connectivity index (χ0) is 23.6. The maximum atomic E-state index is 13.4. The Kier molecular flexibility index (Phi) is 8.91. The van der Waals surface area contributed by atoms with Crippen LogP contribution in [0.4, 0.5) is 5.13 Å². The van der Waals surface area contributed by atoms with E-state index in [-0.39, 0.29) is 23.2 Å². The minimum atomic E-state index is -3.62. The van der Waals surface area contributed by atoms with E-state index in [1.54, 1.807) is 23.1 Å². The number of ether oxygens (including phenoxy) is 1. The number of morpholine rings is 1. The van der Waals surface area contributed by atoms with Gasteiger partial charge in [0.2, 0.25) is 10.0 Å². The molecule has 2 aromatic carbocycles. The van der Waals surface area contributed by atoms with E-state index in [1.165, 1.54) is 27.8 Å². The molecule has 34 heavy (non-hydrogen) atoms. The van der Waals surface area contributed by atoms with Gasteiger partial charge in [0.15, 0.2) is 5.13 Å². The Bertz CT molecular complexity index is 1240. The number of nitrogens with zero attached hydrogens (tertiary/aromatic N) is 4. The summed E-state index contributed by atoms with van der Waals surface area (Å²) in [6.07, 6.45) is 0. The molecule has 8 nitrogen and oxygen atoms in total. The number of thiazole rings is 1. The van der Waals surface area contributed by atoms with Crippen molar-refractivity contribution in [2.45, 2.75) is 4.90 Å². The third-order valence-electron chi connectivity index (χ3n) is 5.31. The van der Waals surface area contributed by atoms with Crippen molar-refractivity contribution in [3.8, 4) is 0 Å². The van der Waals surface area contributed by atoms with Crippen LogP contribution < -0.4 is 4.90 Å². The van der Waals surface area contributed by atoms with Gasteiger partial charge in [0.1, 0.15) is 5.52 Å². The highest BCUT2D eigenvalue weighted by atomic mass is 35.5. The summed E-state index contributed by atoms with van der Waals surface area (Å²) in [5.74, 6) is -0.248. The molecule has 1 aliphatic rings. The molecule has 0 bridgehead atoms. The fraction of sp³-hybridized carbons (Fsp3) is 0.364. The molecule has 4 rings (SSSR count). The van der Waals surface area contributed by atoms with Gasteiger partial charge in [-0.05, 0) is 50.5 Å². The average molecular weight is 546 g/mol. The van der Waals surface area contributed by atoms with E-state index >= 15 is 0 Å². The second-order valence-electron chi connectivity index (χ2n) is 7.88. The van der Waals surface area contributed by atoms with Gasteiger partial charge in [-0.2, -0.15) is 4.31 Å². The first-order valence-corrected chi connectivity index (χ1v) is 13.1. The molecule has 0 unspecified atom stereocenters. The van der Waals surface area contributed by atoms with Crippen LogP contribution >= 0.6 is 35.3 Å². The van der Waals surface area contributed by atoms with Gasteiger partial charge in [-0.1, -0.05) is 29.0 Å². The summed E-state index contributed by atoms with van der Waals surface area (Å²) in [7, 11) is 0.244. The molecule has 1 amide bonds. The van der Waals surface area contributed by atoms with Crippen molar-refractivity contribution < 1.29 is 17.9 Å². The lowest BCUT2D eigenvalue weighted by molar-refractivity contribution is 0.0730. The molecular weight excluding hydrogens is 519 g/mol. The van der Waals surface area contributed by atoms with Crippen molar-refractivity contribution in [2.75, 3.05) is 58.4 Å². The molecule has 0 saturated carbocycles. The summed E-state index contributed by atoms with van der Waals surface area (Å²) in [5.41, 5.74) is 1.05. The lowest BCUT2D eigenvalue weighted by Gasteiger charge is -2.26. The number of hydrogen-bond donors (Lipinski definition) is 0. The van der Waals surface area contributed by atoms with Crippen LogP contribution in [-0.2, 0) is 14.8 Å². The summed E-state index contributed by atoms with van der Waals surface area (Å²) in [6.45, 7) is 2.46. The summed E-state index contributed by atoms with van der Waals surface area (Å²) in [4.78, 5) is 21.8. The fourth-order valence-corrected chi connectivity index (χ4v) is 6.16. The number of benzene rings is 2. The van der Waals surface area contributed by atoms with E-state index in [0.717, 1.165) is 4.70 Å². The molecule has 184 valence electrons. The Morgan fingerprint density at radius 3 is 2.41 bits per heavy atom. The minimum Gasteiger partial charge on any atom is -0.379 e. The standard InChI is InChI=1S/C22H25ClN4O4S2.ClH/c1-25(2)10-11-27(22-24-20-18(23)4-3-5-19(20)32-22)21(28)16-6-8-17(9-7-16)33(29,30)26-12-14-31-15-13-26;/h3-9H,10-15H2,1-2H3;1H. The lowest BCUT2D eigenvalue weighted by atomic mass is 10.2. The SMILES string of the molecule is CN(C)CCN(C(=O)c1ccc(S(=O)(=O)N2CCOCC2)cc1)c1nc2c(Cl)cccc2s1.Cl. The molecular formula is C22H26Cl2N4O4S2. The molecule has 1 fully saturated rings. The Labute approximate surface area is 214 Å². The molecule has 12 heteroatoms.